The van der Waals surface area contributed by atoms with E-state index in [0.29, 0.717) is 12.7 Å². The number of halogens is 1. The summed E-state index contributed by atoms with van der Waals surface area (Å²) in [5, 5.41) is 11.4. The molecule has 2 heterocycles. The van der Waals surface area contributed by atoms with Crippen LogP contribution >= 0.6 is 24.0 Å². The number of rotatable bonds is 12. The molecule has 0 aliphatic carbocycles. The lowest BCUT2D eigenvalue weighted by Gasteiger charge is -2.12. The van der Waals surface area contributed by atoms with E-state index in [0.717, 1.165) is 82.3 Å². The number of nitrogens with one attached hydrogen (secondary N) is 2. The Morgan fingerprint density at radius 1 is 1.25 bits per heavy atom. The van der Waals surface area contributed by atoms with Crippen molar-refractivity contribution in [3.05, 3.63) is 47.8 Å². The molecular weight excluding hydrogens is 517 g/mol. The second-order valence-corrected chi connectivity index (χ2v) is 7.87. The molecule has 0 spiro atoms. The molecule has 0 radical (unpaired) electrons. The maximum atomic E-state index is 5.72. The van der Waals surface area contributed by atoms with E-state index in [1.165, 1.54) is 5.56 Å². The lowest BCUT2D eigenvalue weighted by Crippen LogP contribution is -2.38. The maximum Gasteiger partial charge on any atom is 0.191 e. The van der Waals surface area contributed by atoms with Crippen molar-refractivity contribution in [1.29, 1.82) is 0 Å². The number of aromatic nitrogens is 2. The smallest absolute Gasteiger partial charge is 0.191 e. The van der Waals surface area contributed by atoms with Crippen molar-refractivity contribution in [2.75, 3.05) is 39.5 Å². The van der Waals surface area contributed by atoms with Crippen LogP contribution in [0.15, 0.2) is 41.5 Å². The SMILES string of the molecule is CCNC(=NCCCc1cn(-c2ccccc2)nc1C)NCCCOCC1CCCO1.I. The van der Waals surface area contributed by atoms with Crippen LogP contribution in [0.4, 0.5) is 0 Å². The molecule has 2 aromatic rings. The number of hydrogen-bond donors (Lipinski definition) is 2. The summed E-state index contributed by atoms with van der Waals surface area (Å²) in [6.45, 7) is 8.98. The Balaban J connectivity index is 0.00000363. The average Bonchev–Trinajstić information content (AvgIpc) is 3.44. The van der Waals surface area contributed by atoms with E-state index in [1.54, 1.807) is 0 Å². The van der Waals surface area contributed by atoms with Crippen LogP contribution in [0.5, 0.6) is 0 Å². The standard InChI is InChI=1S/C24H37N5O2.HI/c1-3-25-24(27-15-9-16-30-19-23-13-8-17-31-23)26-14-7-10-21-18-29(28-20(21)2)22-11-5-4-6-12-22;/h4-6,11-12,18,23H,3,7-10,13-17,19H2,1-2H3,(H2,25,26,27);1H. The molecule has 7 nitrogen and oxygen atoms in total. The van der Waals surface area contributed by atoms with E-state index in [-0.39, 0.29) is 24.0 Å². The average molecular weight is 556 g/mol. The molecule has 8 heteroatoms. The number of guanidine groups is 1. The summed E-state index contributed by atoms with van der Waals surface area (Å²) in [6.07, 6.45) is 7.63. The molecular formula is C24H38IN5O2. The van der Waals surface area contributed by atoms with Crippen LogP contribution < -0.4 is 10.6 Å². The highest BCUT2D eigenvalue weighted by Crippen LogP contribution is 2.13. The third-order valence-corrected chi connectivity index (χ3v) is 5.33. The van der Waals surface area contributed by atoms with Gasteiger partial charge in [0.1, 0.15) is 0 Å². The van der Waals surface area contributed by atoms with Gasteiger partial charge in [0.15, 0.2) is 5.96 Å². The van der Waals surface area contributed by atoms with Crippen LogP contribution in [-0.2, 0) is 15.9 Å². The van der Waals surface area contributed by atoms with Crippen molar-refractivity contribution in [2.24, 2.45) is 4.99 Å². The quantitative estimate of drug-likeness (QED) is 0.180. The van der Waals surface area contributed by atoms with Gasteiger partial charge in [-0.05, 0) is 63.6 Å². The van der Waals surface area contributed by atoms with E-state index in [2.05, 4.69) is 47.9 Å². The fraction of sp³-hybridized carbons (Fsp3) is 0.583. The molecule has 32 heavy (non-hydrogen) atoms. The molecule has 0 bridgehead atoms. The monoisotopic (exact) mass is 555 g/mol. The van der Waals surface area contributed by atoms with Gasteiger partial charge in [0.05, 0.1) is 24.1 Å². The summed E-state index contributed by atoms with van der Waals surface area (Å²) in [5.74, 6) is 0.873. The number of para-hydroxylation sites is 1. The van der Waals surface area contributed by atoms with E-state index in [4.69, 9.17) is 14.5 Å². The topological polar surface area (TPSA) is 72.7 Å². The van der Waals surface area contributed by atoms with Gasteiger partial charge < -0.3 is 20.1 Å². The van der Waals surface area contributed by atoms with Crippen molar-refractivity contribution in [3.8, 4) is 5.69 Å². The Morgan fingerprint density at radius 2 is 2.09 bits per heavy atom. The first kappa shape index (κ1) is 26.6. The first-order valence-corrected chi connectivity index (χ1v) is 11.6. The number of nitrogens with zero attached hydrogens (tertiary/aromatic N) is 3. The Labute approximate surface area is 209 Å². The predicted molar refractivity (Wildman–Crippen MR) is 140 cm³/mol. The molecule has 1 aliphatic heterocycles. The molecule has 0 saturated carbocycles. The molecule has 3 rings (SSSR count). The first-order chi connectivity index (χ1) is 15.3. The van der Waals surface area contributed by atoms with E-state index < -0.39 is 0 Å². The summed E-state index contributed by atoms with van der Waals surface area (Å²) in [5.41, 5.74) is 3.45. The zero-order valence-corrected chi connectivity index (χ0v) is 21.7. The maximum absolute atomic E-state index is 5.72. The van der Waals surface area contributed by atoms with E-state index in [1.807, 2.05) is 22.9 Å². The lowest BCUT2D eigenvalue weighted by atomic mass is 10.1. The highest BCUT2D eigenvalue weighted by atomic mass is 127. The van der Waals surface area contributed by atoms with Gasteiger partial charge in [-0.3, -0.25) is 4.99 Å². The van der Waals surface area contributed by atoms with Crippen LogP contribution in [0.25, 0.3) is 5.69 Å². The van der Waals surface area contributed by atoms with Crippen LogP contribution in [0.1, 0.15) is 43.9 Å². The molecule has 1 unspecified atom stereocenters. The van der Waals surface area contributed by atoms with Gasteiger partial charge in [-0.1, -0.05) is 18.2 Å². The van der Waals surface area contributed by atoms with Crippen LogP contribution in [0.2, 0.25) is 0 Å². The van der Waals surface area contributed by atoms with E-state index >= 15 is 0 Å². The Kier molecular flexibility index (Phi) is 12.7. The van der Waals surface area contributed by atoms with Crippen molar-refractivity contribution in [2.45, 2.75) is 52.1 Å². The summed E-state index contributed by atoms with van der Waals surface area (Å²) < 4.78 is 13.3. The Bertz CT molecular complexity index is 791. The summed E-state index contributed by atoms with van der Waals surface area (Å²) in [4.78, 5) is 4.71. The van der Waals surface area contributed by atoms with Gasteiger partial charge >= 0.3 is 0 Å². The third-order valence-electron chi connectivity index (χ3n) is 5.33. The number of hydrogen-bond acceptors (Lipinski definition) is 4. The molecule has 178 valence electrons. The minimum Gasteiger partial charge on any atom is -0.379 e. The highest BCUT2D eigenvalue weighted by molar-refractivity contribution is 14.0. The summed E-state index contributed by atoms with van der Waals surface area (Å²) in [6, 6.07) is 10.2. The third kappa shape index (κ3) is 9.07. The van der Waals surface area contributed by atoms with Crippen molar-refractivity contribution in [1.82, 2.24) is 20.4 Å². The minimum atomic E-state index is 0. The molecule has 1 fully saturated rings. The number of aryl methyl sites for hydroxylation is 2. The lowest BCUT2D eigenvalue weighted by molar-refractivity contribution is 0.0168. The molecule has 2 N–H and O–H groups in total. The van der Waals surface area contributed by atoms with Crippen molar-refractivity contribution < 1.29 is 9.47 Å². The number of aliphatic imine (C=N–C) groups is 1. The molecule has 1 aliphatic rings. The normalized spacial score (nSPS) is 16.1. The zero-order chi connectivity index (χ0) is 21.7. The van der Waals surface area contributed by atoms with Crippen LogP contribution in [0.3, 0.4) is 0 Å². The number of ether oxygens (including phenoxy) is 2. The summed E-state index contributed by atoms with van der Waals surface area (Å²) >= 11 is 0. The highest BCUT2D eigenvalue weighted by Gasteiger charge is 2.14. The van der Waals surface area contributed by atoms with Crippen molar-refractivity contribution in [3.63, 3.8) is 0 Å². The van der Waals surface area contributed by atoms with Gasteiger partial charge in [-0.25, -0.2) is 4.68 Å². The fourth-order valence-corrected chi connectivity index (χ4v) is 3.63. The zero-order valence-electron chi connectivity index (χ0n) is 19.4. The van der Waals surface area contributed by atoms with E-state index in [9.17, 15) is 0 Å². The van der Waals surface area contributed by atoms with Gasteiger partial charge in [0, 0.05) is 39.0 Å². The molecule has 1 saturated heterocycles. The van der Waals surface area contributed by atoms with Crippen LogP contribution in [-0.4, -0.2) is 61.3 Å². The first-order valence-electron chi connectivity index (χ1n) is 11.6. The molecule has 1 aromatic heterocycles. The summed E-state index contributed by atoms with van der Waals surface area (Å²) in [7, 11) is 0. The minimum absolute atomic E-state index is 0. The molecule has 1 aromatic carbocycles. The van der Waals surface area contributed by atoms with Crippen molar-refractivity contribution >= 4 is 29.9 Å². The second kappa shape index (κ2) is 15.2. The fourth-order valence-electron chi connectivity index (χ4n) is 3.63. The van der Waals surface area contributed by atoms with Gasteiger partial charge in [0.2, 0.25) is 0 Å². The van der Waals surface area contributed by atoms with Gasteiger partial charge in [-0.15, -0.1) is 24.0 Å². The number of benzene rings is 1. The largest absolute Gasteiger partial charge is 0.379 e. The predicted octanol–water partition coefficient (Wildman–Crippen LogP) is 3.87. The van der Waals surface area contributed by atoms with Gasteiger partial charge in [0.25, 0.3) is 0 Å². The Morgan fingerprint density at radius 3 is 2.84 bits per heavy atom. The second-order valence-electron chi connectivity index (χ2n) is 7.87. The van der Waals surface area contributed by atoms with Crippen LogP contribution in [0, 0.1) is 6.92 Å². The molecule has 0 amide bonds. The van der Waals surface area contributed by atoms with Gasteiger partial charge in [-0.2, -0.15) is 5.10 Å². The Hall–Kier alpha value is -1.65. The molecule has 1 atom stereocenters.